The molecule has 7 heteroatoms. The first-order valence-corrected chi connectivity index (χ1v) is 6.11. The summed E-state index contributed by atoms with van der Waals surface area (Å²) in [6.45, 7) is 4.30. The van der Waals surface area contributed by atoms with Crippen LogP contribution in [0.4, 0.5) is 0 Å². The van der Waals surface area contributed by atoms with Crippen molar-refractivity contribution in [2.45, 2.75) is 45.8 Å². The maximum absolute atomic E-state index is 9.62. The van der Waals surface area contributed by atoms with Gasteiger partial charge < -0.3 is 5.11 Å². The minimum absolute atomic E-state index is 0.379. The number of aliphatic hydroxyl groups excluding tert-OH is 1. The molecule has 0 aromatic carbocycles. The Morgan fingerprint density at radius 2 is 2.28 bits per heavy atom. The van der Waals surface area contributed by atoms with Crippen LogP contribution in [-0.2, 0) is 19.4 Å². The Hall–Kier alpha value is -1.76. The molecular weight excluding hydrogens is 232 g/mol. The van der Waals surface area contributed by atoms with Gasteiger partial charge in [-0.1, -0.05) is 6.92 Å². The average molecular weight is 250 g/mol. The Morgan fingerprint density at radius 1 is 1.44 bits per heavy atom. The Morgan fingerprint density at radius 3 is 2.94 bits per heavy atom. The third kappa shape index (κ3) is 3.13. The molecule has 0 fully saturated rings. The predicted molar refractivity (Wildman–Crippen MR) is 64.8 cm³/mol. The topological polar surface area (TPSA) is 92.5 Å². The molecule has 0 saturated heterocycles. The number of aryl methyl sites for hydroxylation is 3. The molecule has 0 aliphatic rings. The van der Waals surface area contributed by atoms with Crippen LogP contribution in [0.15, 0.2) is 6.33 Å². The van der Waals surface area contributed by atoms with Gasteiger partial charge in [-0.15, -0.1) is 0 Å². The zero-order chi connectivity index (χ0) is 13.0. The third-order valence-corrected chi connectivity index (χ3v) is 2.77. The number of H-pyrrole nitrogens is 1. The monoisotopic (exact) mass is 250 g/mol. The van der Waals surface area contributed by atoms with Crippen LogP contribution in [-0.4, -0.2) is 41.2 Å². The summed E-state index contributed by atoms with van der Waals surface area (Å²) in [6.07, 6.45) is 3.27. The van der Waals surface area contributed by atoms with Crippen molar-refractivity contribution in [2.24, 2.45) is 0 Å². The Labute approximate surface area is 105 Å². The molecule has 0 bridgehead atoms. The van der Waals surface area contributed by atoms with Crippen LogP contribution in [0, 0.1) is 6.92 Å². The first-order valence-electron chi connectivity index (χ1n) is 6.11. The van der Waals surface area contributed by atoms with Crippen LogP contribution in [0.1, 0.15) is 30.8 Å². The molecule has 2 N–H and O–H groups in total. The fraction of sp³-hybridized carbons (Fsp3) is 0.636. The minimum atomic E-state index is -0.379. The van der Waals surface area contributed by atoms with Gasteiger partial charge in [0.25, 0.3) is 0 Å². The number of hydrogen-bond donors (Lipinski definition) is 2. The van der Waals surface area contributed by atoms with Gasteiger partial charge in [-0.3, -0.25) is 5.10 Å². The van der Waals surface area contributed by atoms with Gasteiger partial charge in [0.1, 0.15) is 18.0 Å². The second-order valence-electron chi connectivity index (χ2n) is 4.26. The lowest BCUT2D eigenvalue weighted by atomic mass is 10.2. The number of aliphatic hydroxyl groups is 1. The van der Waals surface area contributed by atoms with E-state index in [-0.39, 0.29) is 6.10 Å². The minimum Gasteiger partial charge on any atom is -0.391 e. The molecule has 2 aromatic rings. The lowest BCUT2D eigenvalue weighted by molar-refractivity contribution is 0.143. The lowest BCUT2D eigenvalue weighted by Gasteiger charge is -2.09. The van der Waals surface area contributed by atoms with Gasteiger partial charge in [-0.2, -0.15) is 10.2 Å². The van der Waals surface area contributed by atoms with E-state index in [9.17, 15) is 5.11 Å². The summed E-state index contributed by atoms with van der Waals surface area (Å²) >= 11 is 0. The Balaban J connectivity index is 1.95. The molecule has 0 aliphatic carbocycles. The van der Waals surface area contributed by atoms with E-state index in [0.717, 1.165) is 17.5 Å². The van der Waals surface area contributed by atoms with Crippen LogP contribution in [0.3, 0.4) is 0 Å². The third-order valence-electron chi connectivity index (χ3n) is 2.77. The van der Waals surface area contributed by atoms with E-state index in [1.807, 2.05) is 13.8 Å². The zero-order valence-corrected chi connectivity index (χ0v) is 10.7. The first kappa shape index (κ1) is 12.7. The first-order chi connectivity index (χ1) is 8.69. The highest BCUT2D eigenvalue weighted by atomic mass is 16.3. The molecule has 0 spiro atoms. The maximum Gasteiger partial charge on any atom is 0.151 e. The molecular formula is C11H18N6O. The second-order valence-corrected chi connectivity index (χ2v) is 4.26. The molecule has 1 atom stereocenters. The van der Waals surface area contributed by atoms with Crippen LogP contribution in [0.5, 0.6) is 0 Å². The molecule has 0 aliphatic heterocycles. The molecule has 0 radical (unpaired) electrons. The van der Waals surface area contributed by atoms with Crippen LogP contribution >= 0.6 is 0 Å². The number of rotatable bonds is 6. The van der Waals surface area contributed by atoms with Gasteiger partial charge in [0.2, 0.25) is 0 Å². The van der Waals surface area contributed by atoms with Gasteiger partial charge in [0, 0.05) is 12.8 Å². The van der Waals surface area contributed by atoms with Crippen LogP contribution in [0.2, 0.25) is 0 Å². The fourth-order valence-electron chi connectivity index (χ4n) is 1.69. The summed E-state index contributed by atoms with van der Waals surface area (Å²) < 4.78 is 1.74. The normalized spacial score (nSPS) is 12.8. The van der Waals surface area contributed by atoms with Gasteiger partial charge in [0.05, 0.1) is 12.6 Å². The summed E-state index contributed by atoms with van der Waals surface area (Å²) in [4.78, 5) is 8.44. The van der Waals surface area contributed by atoms with Crippen molar-refractivity contribution < 1.29 is 5.11 Å². The fourth-order valence-corrected chi connectivity index (χ4v) is 1.69. The van der Waals surface area contributed by atoms with E-state index in [4.69, 9.17) is 0 Å². The van der Waals surface area contributed by atoms with E-state index in [0.29, 0.717) is 25.8 Å². The van der Waals surface area contributed by atoms with Crippen molar-refractivity contribution in [3.63, 3.8) is 0 Å². The van der Waals surface area contributed by atoms with E-state index in [1.165, 1.54) is 6.33 Å². The molecule has 18 heavy (non-hydrogen) atoms. The van der Waals surface area contributed by atoms with Gasteiger partial charge in [0.15, 0.2) is 5.82 Å². The number of aromatic amines is 1. The van der Waals surface area contributed by atoms with E-state index in [2.05, 4.69) is 25.3 Å². The summed E-state index contributed by atoms with van der Waals surface area (Å²) in [6, 6.07) is 0. The van der Waals surface area contributed by atoms with Crippen molar-refractivity contribution >= 4 is 0 Å². The SMILES string of the molecule is CC[C@H](O)Cn1ncnc1CCc1n[nH]c(C)n1. The maximum atomic E-state index is 9.62. The van der Waals surface area contributed by atoms with E-state index in [1.54, 1.807) is 4.68 Å². The summed E-state index contributed by atoms with van der Waals surface area (Å²) in [5.74, 6) is 2.44. The van der Waals surface area contributed by atoms with Crippen molar-refractivity contribution in [3.8, 4) is 0 Å². The molecule has 2 rings (SSSR count). The highest BCUT2D eigenvalue weighted by molar-refractivity contribution is 4.93. The molecule has 2 heterocycles. The molecule has 0 unspecified atom stereocenters. The largest absolute Gasteiger partial charge is 0.391 e. The molecule has 98 valence electrons. The Bertz CT molecular complexity index is 491. The molecule has 0 saturated carbocycles. The van der Waals surface area contributed by atoms with Crippen LogP contribution in [0.25, 0.3) is 0 Å². The quantitative estimate of drug-likeness (QED) is 0.767. The zero-order valence-electron chi connectivity index (χ0n) is 10.7. The predicted octanol–water partition coefficient (Wildman–Crippen LogP) is 0.261. The summed E-state index contributed by atoms with van der Waals surface area (Å²) in [5, 5.41) is 20.6. The molecule has 2 aromatic heterocycles. The number of aromatic nitrogens is 6. The standard InChI is InChI=1S/C11H18N6O/c1-3-9(18)6-17-11(12-7-13-17)5-4-10-14-8(2)15-16-10/h7,9,18H,3-6H2,1-2H3,(H,14,15,16)/t9-/m0/s1. The Kier molecular flexibility index (Phi) is 4.03. The molecule has 7 nitrogen and oxygen atoms in total. The smallest absolute Gasteiger partial charge is 0.151 e. The summed E-state index contributed by atoms with van der Waals surface area (Å²) in [7, 11) is 0. The highest BCUT2D eigenvalue weighted by Gasteiger charge is 2.10. The van der Waals surface area contributed by atoms with Gasteiger partial charge in [-0.25, -0.2) is 14.6 Å². The second kappa shape index (κ2) is 5.72. The lowest BCUT2D eigenvalue weighted by Crippen LogP contribution is -2.18. The van der Waals surface area contributed by atoms with E-state index >= 15 is 0 Å². The van der Waals surface area contributed by atoms with Crippen molar-refractivity contribution in [3.05, 3.63) is 23.8 Å². The van der Waals surface area contributed by atoms with Crippen LogP contribution < -0.4 is 0 Å². The van der Waals surface area contributed by atoms with Gasteiger partial charge in [-0.05, 0) is 13.3 Å². The van der Waals surface area contributed by atoms with Crippen molar-refractivity contribution in [1.29, 1.82) is 0 Å². The average Bonchev–Trinajstić information content (AvgIpc) is 2.96. The van der Waals surface area contributed by atoms with E-state index < -0.39 is 0 Å². The number of hydrogen-bond acceptors (Lipinski definition) is 5. The number of nitrogens with zero attached hydrogens (tertiary/aromatic N) is 5. The van der Waals surface area contributed by atoms with Gasteiger partial charge >= 0.3 is 0 Å². The highest BCUT2D eigenvalue weighted by Crippen LogP contribution is 2.03. The number of nitrogens with one attached hydrogen (secondary N) is 1. The summed E-state index contributed by atoms with van der Waals surface area (Å²) in [5.41, 5.74) is 0. The van der Waals surface area contributed by atoms with Crippen molar-refractivity contribution in [1.82, 2.24) is 29.9 Å². The molecule has 0 amide bonds. The van der Waals surface area contributed by atoms with Crippen molar-refractivity contribution in [2.75, 3.05) is 0 Å².